The molecule has 23 heavy (non-hydrogen) atoms. The molecule has 8 heteroatoms. The smallest absolute Gasteiger partial charge is 0.252 e. The van der Waals surface area contributed by atoms with Crippen molar-refractivity contribution in [1.82, 2.24) is 19.4 Å². The number of halogens is 1. The zero-order valence-corrected chi connectivity index (χ0v) is 14.0. The number of aromatic nitrogens is 3. The predicted molar refractivity (Wildman–Crippen MR) is 91.2 cm³/mol. The Labute approximate surface area is 140 Å². The molecule has 0 aliphatic carbocycles. The first-order chi connectivity index (χ1) is 10.7. The zero-order chi connectivity index (χ0) is 15.5. The van der Waals surface area contributed by atoms with E-state index in [9.17, 15) is 4.79 Å². The average Bonchev–Trinajstić information content (AvgIpc) is 2.55. The molecular formula is C15H22ClN5O2. The van der Waals surface area contributed by atoms with Crippen LogP contribution in [0.25, 0.3) is 11.2 Å². The van der Waals surface area contributed by atoms with Gasteiger partial charge < -0.3 is 15.4 Å². The van der Waals surface area contributed by atoms with Crippen LogP contribution in [-0.4, -0.2) is 52.2 Å². The van der Waals surface area contributed by atoms with Gasteiger partial charge in [0.25, 0.3) is 5.56 Å². The zero-order valence-electron chi connectivity index (χ0n) is 13.1. The van der Waals surface area contributed by atoms with E-state index in [2.05, 4.69) is 14.9 Å². The minimum Gasteiger partial charge on any atom is -0.480 e. The van der Waals surface area contributed by atoms with Crippen LogP contribution in [0.15, 0.2) is 23.1 Å². The van der Waals surface area contributed by atoms with Crippen molar-refractivity contribution >= 4 is 23.6 Å². The molecule has 0 saturated carbocycles. The molecule has 7 nitrogen and oxygen atoms in total. The molecule has 1 fully saturated rings. The third-order valence-electron chi connectivity index (χ3n) is 4.15. The first-order valence-electron chi connectivity index (χ1n) is 7.56. The lowest BCUT2D eigenvalue weighted by Crippen LogP contribution is -2.41. The molecule has 3 rings (SSSR count). The molecule has 2 aromatic heterocycles. The van der Waals surface area contributed by atoms with Gasteiger partial charge in [0.2, 0.25) is 5.88 Å². The van der Waals surface area contributed by atoms with Gasteiger partial charge in [-0.1, -0.05) is 0 Å². The van der Waals surface area contributed by atoms with Crippen LogP contribution >= 0.6 is 12.4 Å². The number of likely N-dealkylation sites (tertiary alicyclic amines) is 1. The highest BCUT2D eigenvalue weighted by atomic mass is 35.5. The maximum Gasteiger partial charge on any atom is 0.252 e. The van der Waals surface area contributed by atoms with Crippen molar-refractivity contribution in [2.75, 3.05) is 26.7 Å². The maximum absolute atomic E-state index is 12.2. The summed E-state index contributed by atoms with van der Waals surface area (Å²) in [4.78, 5) is 23.2. The van der Waals surface area contributed by atoms with E-state index < -0.39 is 0 Å². The summed E-state index contributed by atoms with van der Waals surface area (Å²) < 4.78 is 6.78. The summed E-state index contributed by atoms with van der Waals surface area (Å²) in [5.74, 6) is 0.413. The molecule has 1 aliphatic rings. The Morgan fingerprint density at radius 2 is 2.04 bits per heavy atom. The van der Waals surface area contributed by atoms with Gasteiger partial charge in [0.15, 0.2) is 5.65 Å². The van der Waals surface area contributed by atoms with Crippen molar-refractivity contribution in [3.8, 4) is 5.88 Å². The van der Waals surface area contributed by atoms with Crippen LogP contribution in [0.5, 0.6) is 5.88 Å². The normalized spacial score (nSPS) is 16.3. The second-order valence-corrected chi connectivity index (χ2v) is 5.62. The van der Waals surface area contributed by atoms with Gasteiger partial charge in [-0.2, -0.15) is 4.98 Å². The summed E-state index contributed by atoms with van der Waals surface area (Å²) in [6, 6.07) is 3.54. The number of piperidine rings is 1. The van der Waals surface area contributed by atoms with E-state index in [4.69, 9.17) is 10.5 Å². The van der Waals surface area contributed by atoms with E-state index in [1.165, 1.54) is 13.2 Å². The summed E-state index contributed by atoms with van der Waals surface area (Å²) in [6.45, 7) is 3.36. The van der Waals surface area contributed by atoms with Crippen LogP contribution in [0.3, 0.4) is 0 Å². The average molecular weight is 340 g/mol. The molecule has 0 spiro atoms. The lowest BCUT2D eigenvalue weighted by Gasteiger charge is -2.30. The number of hydrogen-bond acceptors (Lipinski definition) is 6. The van der Waals surface area contributed by atoms with Crippen molar-refractivity contribution in [1.29, 1.82) is 0 Å². The van der Waals surface area contributed by atoms with Gasteiger partial charge in [-0.25, -0.2) is 4.98 Å². The molecule has 0 amide bonds. The van der Waals surface area contributed by atoms with E-state index >= 15 is 0 Å². The molecule has 3 heterocycles. The Morgan fingerprint density at radius 3 is 2.74 bits per heavy atom. The molecular weight excluding hydrogens is 318 g/mol. The molecule has 0 atom stereocenters. The highest BCUT2D eigenvalue weighted by molar-refractivity contribution is 5.85. The minimum atomic E-state index is -0.0660. The van der Waals surface area contributed by atoms with E-state index in [0.717, 1.165) is 32.5 Å². The first kappa shape index (κ1) is 17.7. The second kappa shape index (κ2) is 7.72. The van der Waals surface area contributed by atoms with Gasteiger partial charge in [0.05, 0.1) is 13.3 Å². The lowest BCUT2D eigenvalue weighted by molar-refractivity contribution is 0.206. The topological polar surface area (TPSA) is 86.3 Å². The van der Waals surface area contributed by atoms with Gasteiger partial charge in [-0.05, 0) is 32.0 Å². The summed E-state index contributed by atoms with van der Waals surface area (Å²) in [5.41, 5.74) is 7.12. The molecule has 2 aromatic rings. The molecule has 0 aromatic carbocycles. The van der Waals surface area contributed by atoms with Gasteiger partial charge in [-0.15, -0.1) is 12.4 Å². The molecule has 1 aliphatic heterocycles. The Kier molecular flexibility index (Phi) is 5.92. The summed E-state index contributed by atoms with van der Waals surface area (Å²) >= 11 is 0. The number of ether oxygens (including phenoxy) is 1. The van der Waals surface area contributed by atoms with Crippen LogP contribution in [0.2, 0.25) is 0 Å². The Hall–Kier alpha value is -1.70. The van der Waals surface area contributed by atoms with Crippen molar-refractivity contribution in [2.24, 2.45) is 5.73 Å². The van der Waals surface area contributed by atoms with E-state index in [1.807, 2.05) is 0 Å². The SMILES string of the molecule is COc1cnc2ccc(=O)n(CCN3CCC(N)CC3)c2n1.Cl. The van der Waals surface area contributed by atoms with Crippen molar-refractivity contribution in [3.05, 3.63) is 28.7 Å². The first-order valence-corrected chi connectivity index (χ1v) is 7.56. The predicted octanol–water partition coefficient (Wildman–Crippen LogP) is 0.645. The Bertz CT molecular complexity index is 713. The number of pyridine rings is 1. The second-order valence-electron chi connectivity index (χ2n) is 5.62. The van der Waals surface area contributed by atoms with E-state index in [0.29, 0.717) is 29.6 Å². The number of nitrogens with zero attached hydrogens (tertiary/aromatic N) is 4. The van der Waals surface area contributed by atoms with Crippen molar-refractivity contribution in [3.63, 3.8) is 0 Å². The lowest BCUT2D eigenvalue weighted by atomic mass is 10.1. The van der Waals surface area contributed by atoms with Gasteiger partial charge in [0.1, 0.15) is 5.52 Å². The van der Waals surface area contributed by atoms with Crippen molar-refractivity contribution in [2.45, 2.75) is 25.4 Å². The molecule has 0 unspecified atom stereocenters. The quantitative estimate of drug-likeness (QED) is 0.880. The number of methoxy groups -OCH3 is 1. The molecule has 1 saturated heterocycles. The summed E-state index contributed by atoms with van der Waals surface area (Å²) in [5, 5.41) is 0. The fourth-order valence-corrected chi connectivity index (χ4v) is 2.77. The van der Waals surface area contributed by atoms with Gasteiger partial charge in [-0.3, -0.25) is 9.36 Å². The third-order valence-corrected chi connectivity index (χ3v) is 4.15. The molecule has 0 radical (unpaired) electrons. The number of rotatable bonds is 4. The van der Waals surface area contributed by atoms with Crippen LogP contribution in [0, 0.1) is 0 Å². The van der Waals surface area contributed by atoms with Gasteiger partial charge >= 0.3 is 0 Å². The van der Waals surface area contributed by atoms with Crippen LogP contribution in [0.4, 0.5) is 0 Å². The van der Waals surface area contributed by atoms with E-state index in [1.54, 1.807) is 16.8 Å². The monoisotopic (exact) mass is 339 g/mol. The fourth-order valence-electron chi connectivity index (χ4n) is 2.77. The number of nitrogens with two attached hydrogens (primary N) is 1. The highest BCUT2D eigenvalue weighted by Gasteiger charge is 2.16. The van der Waals surface area contributed by atoms with Crippen molar-refractivity contribution < 1.29 is 4.74 Å². The number of hydrogen-bond donors (Lipinski definition) is 1. The summed E-state index contributed by atoms with van der Waals surface area (Å²) in [7, 11) is 1.54. The molecule has 126 valence electrons. The molecule has 0 bridgehead atoms. The number of fused-ring (bicyclic) bond motifs is 1. The molecule has 2 N–H and O–H groups in total. The Morgan fingerprint density at radius 1 is 1.30 bits per heavy atom. The van der Waals surface area contributed by atoms with Crippen LogP contribution in [0.1, 0.15) is 12.8 Å². The fraction of sp³-hybridized carbons (Fsp3) is 0.533. The van der Waals surface area contributed by atoms with Crippen LogP contribution < -0.4 is 16.0 Å². The third kappa shape index (κ3) is 3.99. The van der Waals surface area contributed by atoms with Crippen LogP contribution in [-0.2, 0) is 6.54 Å². The summed E-state index contributed by atoms with van der Waals surface area (Å²) in [6.07, 6.45) is 3.58. The minimum absolute atomic E-state index is 0. The Balaban J connectivity index is 0.00000192. The largest absolute Gasteiger partial charge is 0.480 e. The van der Waals surface area contributed by atoms with E-state index in [-0.39, 0.29) is 18.0 Å². The van der Waals surface area contributed by atoms with Gasteiger partial charge in [0, 0.05) is 25.2 Å². The highest BCUT2D eigenvalue weighted by Crippen LogP contribution is 2.12. The maximum atomic E-state index is 12.2. The standard InChI is InChI=1S/C15H21N5O2.ClH/c1-22-13-10-17-12-2-3-14(21)20(15(12)18-13)9-8-19-6-4-11(16)5-7-19;/h2-3,10-11H,4-9,16H2,1H3;1H.